The molecule has 0 bridgehead atoms. The maximum Gasteiger partial charge on any atom is 0.160 e. The fourth-order valence-electron chi connectivity index (χ4n) is 0.504. The molecule has 0 aliphatic carbocycles. The van der Waals surface area contributed by atoms with Gasteiger partial charge in [0.2, 0.25) is 0 Å². The molecule has 0 aromatic carbocycles. The number of aliphatic hydroxyl groups excluding tert-OH is 3. The van der Waals surface area contributed by atoms with Crippen LogP contribution in [0.4, 0.5) is 0 Å². The minimum atomic E-state index is -1.47. The zero-order chi connectivity index (χ0) is 8.31. The molecule has 0 saturated carbocycles. The molecule has 0 fully saturated rings. The second-order valence-electron chi connectivity index (χ2n) is 2.29. The van der Waals surface area contributed by atoms with E-state index in [1.165, 1.54) is 6.92 Å². The summed E-state index contributed by atoms with van der Waals surface area (Å²) in [6.07, 6.45) is -3.93. The van der Waals surface area contributed by atoms with Crippen molar-refractivity contribution in [3.05, 3.63) is 0 Å². The van der Waals surface area contributed by atoms with E-state index < -0.39 is 24.1 Å². The molecule has 0 rings (SSSR count). The predicted octanol–water partition coefficient (Wildman–Crippen LogP) is -1.32. The summed E-state index contributed by atoms with van der Waals surface area (Å²) in [7, 11) is 0. The Morgan fingerprint density at radius 3 is 1.80 bits per heavy atom. The van der Waals surface area contributed by atoms with E-state index >= 15 is 0 Å². The molecule has 3 N–H and O–H groups in total. The summed E-state index contributed by atoms with van der Waals surface area (Å²) in [4.78, 5) is 10.4. The Labute approximate surface area is 59.1 Å². The predicted molar refractivity (Wildman–Crippen MR) is 34.4 cm³/mol. The van der Waals surface area contributed by atoms with Gasteiger partial charge in [-0.2, -0.15) is 0 Å². The van der Waals surface area contributed by atoms with E-state index in [1.807, 2.05) is 0 Å². The monoisotopic (exact) mass is 148 g/mol. The van der Waals surface area contributed by atoms with Crippen LogP contribution in [0.15, 0.2) is 0 Å². The molecular formula is C6H12O4. The summed E-state index contributed by atoms with van der Waals surface area (Å²) >= 11 is 0. The Morgan fingerprint density at radius 1 is 1.30 bits per heavy atom. The number of carbonyl (C=O) groups excluding carboxylic acids is 1. The fraction of sp³-hybridized carbons (Fsp3) is 0.833. The highest BCUT2D eigenvalue weighted by molar-refractivity contribution is 5.80. The van der Waals surface area contributed by atoms with Crippen molar-refractivity contribution in [2.75, 3.05) is 0 Å². The van der Waals surface area contributed by atoms with Gasteiger partial charge in [0.25, 0.3) is 0 Å². The molecule has 60 valence electrons. The molecule has 0 aliphatic heterocycles. The lowest BCUT2D eigenvalue weighted by atomic mass is 10.1. The Morgan fingerprint density at radius 2 is 1.70 bits per heavy atom. The smallest absolute Gasteiger partial charge is 0.160 e. The van der Waals surface area contributed by atoms with Gasteiger partial charge in [-0.25, -0.2) is 0 Å². The second kappa shape index (κ2) is 3.65. The van der Waals surface area contributed by atoms with Crippen LogP contribution in [0.5, 0.6) is 0 Å². The lowest BCUT2D eigenvalue weighted by Gasteiger charge is -2.17. The van der Waals surface area contributed by atoms with Gasteiger partial charge in [0.05, 0.1) is 6.10 Å². The maximum atomic E-state index is 10.4. The van der Waals surface area contributed by atoms with Crippen LogP contribution in [0.3, 0.4) is 0 Å². The molecule has 0 heterocycles. The standard InChI is InChI=1S/C6H12O4/c1-3(7)5(9)6(10)4(2)8/h3,5-7,9-10H,1-2H3/t3-,5-,6+/m1/s1. The van der Waals surface area contributed by atoms with Crippen molar-refractivity contribution < 1.29 is 20.1 Å². The third-order valence-corrected chi connectivity index (χ3v) is 1.23. The van der Waals surface area contributed by atoms with E-state index in [9.17, 15) is 4.79 Å². The highest BCUT2D eigenvalue weighted by Crippen LogP contribution is 1.99. The van der Waals surface area contributed by atoms with Crippen LogP contribution < -0.4 is 0 Å². The molecule has 4 nitrogen and oxygen atoms in total. The first-order valence-electron chi connectivity index (χ1n) is 3.01. The molecule has 0 saturated heterocycles. The van der Waals surface area contributed by atoms with Crippen LogP contribution in [0.1, 0.15) is 13.8 Å². The Bertz CT molecular complexity index is 121. The molecule has 0 amide bonds. The molecule has 0 radical (unpaired) electrons. The van der Waals surface area contributed by atoms with Crippen molar-refractivity contribution in [1.29, 1.82) is 0 Å². The van der Waals surface area contributed by atoms with Crippen molar-refractivity contribution >= 4 is 5.78 Å². The van der Waals surface area contributed by atoms with Crippen LogP contribution in [0, 0.1) is 0 Å². The molecule has 10 heavy (non-hydrogen) atoms. The number of hydrogen-bond acceptors (Lipinski definition) is 4. The Hall–Kier alpha value is -0.450. The van der Waals surface area contributed by atoms with Crippen LogP contribution in [-0.2, 0) is 4.79 Å². The van der Waals surface area contributed by atoms with Crippen molar-refractivity contribution in [1.82, 2.24) is 0 Å². The SMILES string of the molecule is CC(=O)[C@H](O)[C@H](O)[C@@H](C)O. The van der Waals surface area contributed by atoms with Gasteiger partial charge in [0.15, 0.2) is 5.78 Å². The number of carbonyl (C=O) groups is 1. The lowest BCUT2D eigenvalue weighted by molar-refractivity contribution is -0.135. The quantitative estimate of drug-likeness (QED) is 0.464. The number of Topliss-reactive ketones (excluding diaryl/α,β-unsaturated/α-hetero) is 1. The summed E-state index contributed by atoms with van der Waals surface area (Å²) in [5, 5.41) is 26.3. The Balaban J connectivity index is 3.94. The number of hydrogen-bond donors (Lipinski definition) is 3. The summed E-state index contributed by atoms with van der Waals surface area (Å²) in [5.41, 5.74) is 0. The largest absolute Gasteiger partial charge is 0.391 e. The fourth-order valence-corrected chi connectivity index (χ4v) is 0.504. The molecule has 0 aromatic rings. The van der Waals surface area contributed by atoms with E-state index in [0.29, 0.717) is 0 Å². The van der Waals surface area contributed by atoms with Crippen LogP contribution in [0.25, 0.3) is 0 Å². The summed E-state index contributed by atoms with van der Waals surface area (Å²) < 4.78 is 0. The molecule has 0 spiro atoms. The first kappa shape index (κ1) is 9.55. The number of aliphatic hydroxyl groups is 3. The number of ketones is 1. The Kier molecular flexibility index (Phi) is 3.49. The summed E-state index contributed by atoms with van der Waals surface area (Å²) in [5.74, 6) is -0.548. The average Bonchev–Trinajstić information content (AvgIpc) is 1.84. The first-order chi connectivity index (χ1) is 4.46. The third kappa shape index (κ3) is 2.43. The molecular weight excluding hydrogens is 136 g/mol. The number of rotatable bonds is 3. The van der Waals surface area contributed by atoms with Gasteiger partial charge in [-0.1, -0.05) is 0 Å². The van der Waals surface area contributed by atoms with E-state index in [1.54, 1.807) is 0 Å². The van der Waals surface area contributed by atoms with E-state index in [-0.39, 0.29) is 0 Å². The lowest BCUT2D eigenvalue weighted by Crippen LogP contribution is -2.39. The van der Waals surface area contributed by atoms with E-state index in [2.05, 4.69) is 0 Å². The average molecular weight is 148 g/mol. The summed E-state index contributed by atoms with van der Waals surface area (Å²) in [6.45, 7) is 2.45. The van der Waals surface area contributed by atoms with Gasteiger partial charge in [-0.05, 0) is 13.8 Å². The zero-order valence-corrected chi connectivity index (χ0v) is 5.98. The zero-order valence-electron chi connectivity index (χ0n) is 5.98. The van der Waals surface area contributed by atoms with Gasteiger partial charge in [-0.3, -0.25) is 4.79 Å². The molecule has 3 atom stereocenters. The van der Waals surface area contributed by atoms with Gasteiger partial charge < -0.3 is 15.3 Å². The van der Waals surface area contributed by atoms with E-state index in [4.69, 9.17) is 15.3 Å². The van der Waals surface area contributed by atoms with Crippen LogP contribution in [0.2, 0.25) is 0 Å². The van der Waals surface area contributed by atoms with Crippen LogP contribution >= 0.6 is 0 Å². The molecule has 4 heteroatoms. The minimum Gasteiger partial charge on any atom is -0.391 e. The van der Waals surface area contributed by atoms with Crippen molar-refractivity contribution in [3.63, 3.8) is 0 Å². The minimum absolute atomic E-state index is 0.548. The van der Waals surface area contributed by atoms with Crippen molar-refractivity contribution in [2.45, 2.75) is 32.2 Å². The summed E-state index contributed by atoms with van der Waals surface area (Å²) in [6, 6.07) is 0. The van der Waals surface area contributed by atoms with Gasteiger partial charge >= 0.3 is 0 Å². The normalized spacial score (nSPS) is 19.7. The van der Waals surface area contributed by atoms with Gasteiger partial charge in [-0.15, -0.1) is 0 Å². The van der Waals surface area contributed by atoms with Gasteiger partial charge in [0.1, 0.15) is 12.2 Å². The van der Waals surface area contributed by atoms with Gasteiger partial charge in [0, 0.05) is 0 Å². The van der Waals surface area contributed by atoms with E-state index in [0.717, 1.165) is 6.92 Å². The molecule has 0 aromatic heterocycles. The van der Waals surface area contributed by atoms with Crippen molar-refractivity contribution in [2.24, 2.45) is 0 Å². The molecule has 0 aliphatic rings. The second-order valence-corrected chi connectivity index (χ2v) is 2.29. The van der Waals surface area contributed by atoms with Crippen LogP contribution in [-0.4, -0.2) is 39.4 Å². The van der Waals surface area contributed by atoms with Crippen molar-refractivity contribution in [3.8, 4) is 0 Å². The maximum absolute atomic E-state index is 10.4. The topological polar surface area (TPSA) is 77.8 Å². The third-order valence-electron chi connectivity index (χ3n) is 1.23. The molecule has 0 unspecified atom stereocenters. The highest BCUT2D eigenvalue weighted by atomic mass is 16.4. The highest BCUT2D eigenvalue weighted by Gasteiger charge is 2.24. The first-order valence-corrected chi connectivity index (χ1v) is 3.01.